The molecule has 0 radical (unpaired) electrons. The number of carbonyl (C=O) groups excluding carboxylic acids is 2. The van der Waals surface area contributed by atoms with Crippen LogP contribution >= 0.6 is 0 Å². The van der Waals surface area contributed by atoms with Crippen LogP contribution in [0.5, 0.6) is 11.5 Å². The lowest BCUT2D eigenvalue weighted by atomic mass is 9.80. The van der Waals surface area contributed by atoms with Gasteiger partial charge >= 0.3 is 0 Å². The third-order valence-electron chi connectivity index (χ3n) is 7.19. The van der Waals surface area contributed by atoms with Gasteiger partial charge in [-0.3, -0.25) is 9.59 Å². The summed E-state index contributed by atoms with van der Waals surface area (Å²) in [5, 5.41) is 42.9. The Morgan fingerprint density at radius 1 is 1.23 bits per heavy atom. The Kier molecular flexibility index (Phi) is 8.60. The van der Waals surface area contributed by atoms with Gasteiger partial charge in [0.15, 0.2) is 24.0 Å². The van der Waals surface area contributed by atoms with Crippen LogP contribution in [0.15, 0.2) is 6.07 Å². The Labute approximate surface area is 206 Å². The maximum Gasteiger partial charge on any atom is 0.189 e. The van der Waals surface area contributed by atoms with E-state index >= 15 is 0 Å². The molecule has 2 heterocycles. The Morgan fingerprint density at radius 2 is 1.91 bits per heavy atom. The van der Waals surface area contributed by atoms with Crippen LogP contribution < -0.4 is 0 Å². The number of ketones is 1. The van der Waals surface area contributed by atoms with E-state index in [1.165, 1.54) is 6.07 Å². The smallest absolute Gasteiger partial charge is 0.189 e. The van der Waals surface area contributed by atoms with Gasteiger partial charge in [0.05, 0.1) is 35.5 Å². The van der Waals surface area contributed by atoms with Gasteiger partial charge in [0, 0.05) is 24.5 Å². The van der Waals surface area contributed by atoms with Crippen molar-refractivity contribution >= 4 is 12.1 Å². The molecule has 0 bridgehead atoms. The number of phenolic OH excluding ortho intramolecular Hbond substituents is 2. The molecule has 1 spiro atoms. The standard InChI is InChI=1S/C26H38O9/c1-6-9-14(18-11-19(28)26(25(32)34-18)20(7-2)35-26)21(29)15-10-16(24(13(4)5)33-8-3)23(31)17(12-27)22(15)30/h10,12-14,18-20,24-25,28,30-32H,6-9,11H2,1-5H3/t14-,18+,19+,20-,24-,25+,26-/m0/s1. The molecule has 196 valence electrons. The third-order valence-corrected chi connectivity index (χ3v) is 7.19. The lowest BCUT2D eigenvalue weighted by Crippen LogP contribution is -2.55. The molecule has 2 aliphatic rings. The highest BCUT2D eigenvalue weighted by atomic mass is 16.7. The fourth-order valence-corrected chi connectivity index (χ4v) is 5.32. The van der Waals surface area contributed by atoms with E-state index in [0.29, 0.717) is 32.2 Å². The van der Waals surface area contributed by atoms with E-state index in [1.807, 2.05) is 27.7 Å². The molecule has 4 N–H and O–H groups in total. The van der Waals surface area contributed by atoms with Crippen LogP contribution in [-0.2, 0) is 14.2 Å². The van der Waals surface area contributed by atoms with Crippen molar-refractivity contribution in [3.63, 3.8) is 0 Å². The van der Waals surface area contributed by atoms with Crippen molar-refractivity contribution in [3.05, 3.63) is 22.8 Å². The number of hydrogen-bond acceptors (Lipinski definition) is 9. The summed E-state index contributed by atoms with van der Waals surface area (Å²) < 4.78 is 17.2. The van der Waals surface area contributed by atoms with Crippen molar-refractivity contribution in [1.82, 2.24) is 0 Å². The first kappa shape index (κ1) is 27.5. The highest BCUT2D eigenvalue weighted by molar-refractivity contribution is 6.04. The monoisotopic (exact) mass is 494 g/mol. The first-order chi connectivity index (χ1) is 16.6. The van der Waals surface area contributed by atoms with Crippen LogP contribution in [0.3, 0.4) is 0 Å². The summed E-state index contributed by atoms with van der Waals surface area (Å²) in [6.07, 6.45) is -2.23. The van der Waals surface area contributed by atoms with E-state index in [9.17, 15) is 30.0 Å². The van der Waals surface area contributed by atoms with E-state index in [0.717, 1.165) is 0 Å². The van der Waals surface area contributed by atoms with Gasteiger partial charge < -0.3 is 34.6 Å². The Bertz CT molecular complexity index is 916. The predicted octanol–water partition coefficient (Wildman–Crippen LogP) is 3.26. The molecule has 0 unspecified atom stereocenters. The second-order valence-electron chi connectivity index (χ2n) is 9.77. The molecule has 0 aromatic heterocycles. The fourth-order valence-electron chi connectivity index (χ4n) is 5.32. The Hall–Kier alpha value is -2.04. The second-order valence-corrected chi connectivity index (χ2v) is 9.77. The molecule has 0 saturated carbocycles. The maximum absolute atomic E-state index is 13.8. The second kappa shape index (κ2) is 10.9. The molecule has 7 atom stereocenters. The number of rotatable bonds is 11. The summed E-state index contributed by atoms with van der Waals surface area (Å²) in [7, 11) is 0. The molecular formula is C26H38O9. The van der Waals surface area contributed by atoms with Gasteiger partial charge in [-0.1, -0.05) is 34.1 Å². The number of aliphatic hydroxyl groups is 2. The summed E-state index contributed by atoms with van der Waals surface area (Å²) in [6, 6.07) is 1.37. The molecule has 0 amide bonds. The van der Waals surface area contributed by atoms with E-state index in [4.69, 9.17) is 14.2 Å². The van der Waals surface area contributed by atoms with Crippen molar-refractivity contribution in [2.45, 2.75) is 96.6 Å². The molecule has 35 heavy (non-hydrogen) atoms. The van der Waals surface area contributed by atoms with Crippen LogP contribution in [0.4, 0.5) is 0 Å². The van der Waals surface area contributed by atoms with Gasteiger partial charge in [0.1, 0.15) is 11.5 Å². The summed E-state index contributed by atoms with van der Waals surface area (Å²) in [5.74, 6) is -2.44. The molecule has 2 aliphatic heterocycles. The summed E-state index contributed by atoms with van der Waals surface area (Å²) >= 11 is 0. The lowest BCUT2D eigenvalue weighted by molar-refractivity contribution is -0.239. The number of benzene rings is 1. The van der Waals surface area contributed by atoms with Gasteiger partial charge in [-0.25, -0.2) is 0 Å². The first-order valence-corrected chi connectivity index (χ1v) is 12.5. The SMILES string of the molecule is CCC[C@H](C(=O)c1cc([C@@H](OCC)C(C)C)c(O)c(C=O)c1O)[C@H]1C[C@@H](O)[C@@]2(O[C@H]2CC)[C@H](O)O1. The van der Waals surface area contributed by atoms with E-state index < -0.39 is 53.4 Å². The predicted molar refractivity (Wildman–Crippen MR) is 126 cm³/mol. The number of carbonyl (C=O) groups is 2. The summed E-state index contributed by atoms with van der Waals surface area (Å²) in [6.45, 7) is 9.68. The minimum Gasteiger partial charge on any atom is -0.507 e. The summed E-state index contributed by atoms with van der Waals surface area (Å²) in [4.78, 5) is 25.5. The molecular weight excluding hydrogens is 456 g/mol. The number of aldehydes is 1. The van der Waals surface area contributed by atoms with Crippen molar-refractivity contribution in [1.29, 1.82) is 0 Å². The number of epoxide rings is 1. The normalized spacial score (nSPS) is 29.8. The van der Waals surface area contributed by atoms with Crippen LogP contribution in [-0.4, -0.2) is 69.3 Å². The van der Waals surface area contributed by atoms with Crippen LogP contribution in [0, 0.1) is 11.8 Å². The zero-order valence-electron chi connectivity index (χ0n) is 21.1. The molecule has 2 saturated heterocycles. The lowest BCUT2D eigenvalue weighted by Gasteiger charge is -2.39. The van der Waals surface area contributed by atoms with Crippen molar-refractivity contribution in [2.24, 2.45) is 11.8 Å². The van der Waals surface area contributed by atoms with Crippen LogP contribution in [0.2, 0.25) is 0 Å². The minimum atomic E-state index is -1.40. The van der Waals surface area contributed by atoms with Gasteiger partial charge in [-0.2, -0.15) is 0 Å². The fraction of sp³-hybridized carbons (Fsp3) is 0.692. The van der Waals surface area contributed by atoms with Crippen LogP contribution in [0.25, 0.3) is 0 Å². The Balaban J connectivity index is 2.00. The number of aromatic hydroxyl groups is 2. The zero-order valence-corrected chi connectivity index (χ0v) is 21.1. The average Bonchev–Trinajstić information content (AvgIpc) is 3.56. The van der Waals surface area contributed by atoms with Crippen molar-refractivity contribution < 1.29 is 44.2 Å². The van der Waals surface area contributed by atoms with Crippen LogP contribution in [0.1, 0.15) is 92.7 Å². The molecule has 3 rings (SSSR count). The minimum absolute atomic E-state index is 0.0732. The number of hydrogen-bond donors (Lipinski definition) is 4. The highest BCUT2D eigenvalue weighted by Crippen LogP contribution is 2.50. The Morgan fingerprint density at radius 3 is 2.40 bits per heavy atom. The van der Waals surface area contributed by atoms with Crippen molar-refractivity contribution in [3.8, 4) is 11.5 Å². The molecule has 1 aromatic carbocycles. The van der Waals surface area contributed by atoms with Gasteiger partial charge in [0.2, 0.25) is 0 Å². The largest absolute Gasteiger partial charge is 0.507 e. The van der Waals surface area contributed by atoms with E-state index in [1.54, 1.807) is 6.92 Å². The highest BCUT2D eigenvalue weighted by Gasteiger charge is 2.68. The topological polar surface area (TPSA) is 146 Å². The van der Waals surface area contributed by atoms with Gasteiger partial charge in [0.25, 0.3) is 0 Å². The zero-order chi connectivity index (χ0) is 26.1. The van der Waals surface area contributed by atoms with E-state index in [2.05, 4.69) is 0 Å². The molecule has 9 nitrogen and oxygen atoms in total. The molecule has 2 fully saturated rings. The molecule has 0 aliphatic carbocycles. The molecule has 9 heteroatoms. The number of ether oxygens (including phenoxy) is 3. The van der Waals surface area contributed by atoms with Gasteiger partial charge in [-0.15, -0.1) is 0 Å². The van der Waals surface area contributed by atoms with E-state index in [-0.39, 0.29) is 35.1 Å². The molecule has 1 aromatic rings. The van der Waals surface area contributed by atoms with Crippen molar-refractivity contribution in [2.75, 3.05) is 6.61 Å². The number of Topliss-reactive ketones (excluding diaryl/α,β-unsaturated/α-hetero) is 1. The number of phenols is 2. The number of aliphatic hydroxyl groups excluding tert-OH is 2. The average molecular weight is 495 g/mol. The van der Waals surface area contributed by atoms with Gasteiger partial charge in [-0.05, 0) is 31.7 Å². The maximum atomic E-state index is 13.8. The quantitative estimate of drug-likeness (QED) is 0.207. The summed E-state index contributed by atoms with van der Waals surface area (Å²) in [5.41, 5.74) is -1.45. The first-order valence-electron chi connectivity index (χ1n) is 12.5. The third kappa shape index (κ3) is 4.84.